The molecule has 0 saturated carbocycles. The average molecular weight is 612 g/mol. The molecule has 42 heavy (non-hydrogen) atoms. The van der Waals surface area contributed by atoms with E-state index in [1.165, 1.54) is 12.1 Å². The van der Waals surface area contributed by atoms with Crippen molar-refractivity contribution in [1.82, 2.24) is 0 Å². The summed E-state index contributed by atoms with van der Waals surface area (Å²) in [6.07, 6.45) is -9.78. The van der Waals surface area contributed by atoms with Gasteiger partial charge in [-0.25, -0.2) is 4.90 Å². The molecular weight excluding hydrogens is 592 g/mol. The fourth-order valence-corrected chi connectivity index (χ4v) is 5.12. The summed E-state index contributed by atoms with van der Waals surface area (Å²) < 4.78 is 91.7. The summed E-state index contributed by atoms with van der Waals surface area (Å²) >= 11 is 0.843. The Morgan fingerprint density at radius 2 is 1.71 bits per heavy atom. The van der Waals surface area contributed by atoms with Gasteiger partial charge >= 0.3 is 12.5 Å². The summed E-state index contributed by atoms with van der Waals surface area (Å²) in [6, 6.07) is 13.7. The number of hydrogen-bond acceptors (Lipinski definition) is 7. The van der Waals surface area contributed by atoms with Crippen LogP contribution in [0.15, 0.2) is 71.7 Å². The molecule has 1 atom stereocenters. The fraction of sp³-hybridized carbons (Fsp3) is 0.222. The number of anilines is 2. The zero-order chi connectivity index (χ0) is 30.1. The van der Waals surface area contributed by atoms with Crippen LogP contribution in [0.5, 0.6) is 17.2 Å². The number of thioether (sulfide) groups is 1. The second-order valence-electron chi connectivity index (χ2n) is 8.93. The van der Waals surface area contributed by atoms with Crippen LogP contribution in [-0.2, 0) is 22.3 Å². The van der Waals surface area contributed by atoms with E-state index in [1.807, 2.05) is 0 Å². The molecule has 15 heteroatoms. The maximum Gasteiger partial charge on any atom is 0.573 e. The van der Waals surface area contributed by atoms with Crippen molar-refractivity contribution in [2.75, 3.05) is 17.0 Å². The standard InChI is InChI=1S/C27H19F6N3O5S/c28-26(29,30)16-2-1-3-17(11-16)35-25(34-13-15-4-9-20-21(10-15)40-14-39-20)42-22-12-23(37)36(24(22)38)18-5-7-19(8-6-18)41-27(31,32)33/h1-11,22H,12-14H2,(H,34,35)/t22-/m0/s1. The molecule has 0 bridgehead atoms. The van der Waals surface area contributed by atoms with Gasteiger partial charge in [-0.1, -0.05) is 23.9 Å². The Morgan fingerprint density at radius 3 is 2.43 bits per heavy atom. The largest absolute Gasteiger partial charge is 0.573 e. The molecule has 1 N–H and O–H groups in total. The number of carbonyl (C=O) groups is 2. The Hall–Kier alpha value is -4.40. The minimum absolute atomic E-state index is 0.0345. The molecule has 2 aliphatic heterocycles. The van der Waals surface area contributed by atoms with Crippen molar-refractivity contribution in [2.24, 2.45) is 4.99 Å². The number of fused-ring (bicyclic) bond motifs is 1. The highest BCUT2D eigenvalue weighted by Gasteiger charge is 2.41. The number of amides is 2. The predicted octanol–water partition coefficient (Wildman–Crippen LogP) is 6.37. The smallest absolute Gasteiger partial charge is 0.454 e. The highest BCUT2D eigenvalue weighted by atomic mass is 32.2. The fourth-order valence-electron chi connectivity index (χ4n) is 4.10. The molecule has 2 aliphatic rings. The number of aliphatic imine (C=N–C) groups is 1. The molecule has 8 nitrogen and oxygen atoms in total. The summed E-state index contributed by atoms with van der Waals surface area (Å²) in [5.41, 5.74) is -0.133. The summed E-state index contributed by atoms with van der Waals surface area (Å²) in [4.78, 5) is 31.3. The predicted molar refractivity (Wildman–Crippen MR) is 140 cm³/mol. The number of benzene rings is 3. The van der Waals surface area contributed by atoms with E-state index in [9.17, 15) is 35.9 Å². The molecule has 0 spiro atoms. The summed E-state index contributed by atoms with van der Waals surface area (Å²) in [5, 5.41) is 1.86. The van der Waals surface area contributed by atoms with Gasteiger partial charge in [0.05, 0.1) is 17.8 Å². The Kier molecular flexibility index (Phi) is 7.95. The van der Waals surface area contributed by atoms with Crippen LogP contribution in [0.3, 0.4) is 0 Å². The molecule has 1 fully saturated rings. The minimum atomic E-state index is -4.91. The molecule has 2 heterocycles. The first-order valence-electron chi connectivity index (χ1n) is 12.1. The van der Waals surface area contributed by atoms with Gasteiger partial charge in [0.25, 0.3) is 0 Å². The van der Waals surface area contributed by atoms with Gasteiger partial charge in [0.1, 0.15) is 11.0 Å². The highest BCUT2D eigenvalue weighted by Crippen LogP contribution is 2.35. The van der Waals surface area contributed by atoms with Crippen LogP contribution in [-0.4, -0.2) is 35.4 Å². The molecular formula is C27H19F6N3O5S. The van der Waals surface area contributed by atoms with Gasteiger partial charge in [-0.15, -0.1) is 13.2 Å². The number of rotatable bonds is 6. The molecule has 1 saturated heterocycles. The number of halogens is 6. The van der Waals surface area contributed by atoms with Gasteiger partial charge in [0.2, 0.25) is 18.6 Å². The number of imide groups is 1. The van der Waals surface area contributed by atoms with Crippen molar-refractivity contribution in [2.45, 2.75) is 30.8 Å². The first kappa shape index (κ1) is 29.1. The molecule has 0 unspecified atom stereocenters. The SMILES string of the molecule is O=C1C[C@H](SC(=NCc2ccc3c(c2)OCO3)Nc2cccc(C(F)(F)F)c2)C(=O)N1c1ccc(OC(F)(F)F)cc1. The van der Waals surface area contributed by atoms with Crippen molar-refractivity contribution in [3.63, 3.8) is 0 Å². The van der Waals surface area contributed by atoms with Crippen LogP contribution in [0.4, 0.5) is 37.7 Å². The number of carbonyl (C=O) groups excluding carboxylic acids is 2. The topological polar surface area (TPSA) is 89.5 Å². The number of nitrogens with one attached hydrogen (secondary N) is 1. The first-order valence-corrected chi connectivity index (χ1v) is 13.0. The normalized spacial score (nSPS) is 17.1. The van der Waals surface area contributed by atoms with E-state index in [0.717, 1.165) is 53.1 Å². The van der Waals surface area contributed by atoms with E-state index in [-0.39, 0.29) is 36.3 Å². The van der Waals surface area contributed by atoms with Gasteiger partial charge in [0, 0.05) is 12.1 Å². The number of hydrogen-bond donors (Lipinski definition) is 1. The summed E-state index contributed by atoms with van der Waals surface area (Å²) in [5.74, 6) is -0.763. The average Bonchev–Trinajstić information content (AvgIpc) is 3.49. The van der Waals surface area contributed by atoms with Crippen molar-refractivity contribution in [3.05, 3.63) is 77.9 Å². The van der Waals surface area contributed by atoms with Gasteiger partial charge in [-0.3, -0.25) is 14.6 Å². The lowest BCUT2D eigenvalue weighted by molar-refractivity contribution is -0.274. The molecule has 3 aromatic rings. The molecule has 0 aromatic heterocycles. The van der Waals surface area contributed by atoms with Crippen LogP contribution in [0.1, 0.15) is 17.5 Å². The highest BCUT2D eigenvalue weighted by molar-refractivity contribution is 8.15. The van der Waals surface area contributed by atoms with Gasteiger partial charge in [-0.2, -0.15) is 13.2 Å². The third kappa shape index (κ3) is 6.90. The van der Waals surface area contributed by atoms with E-state index in [1.54, 1.807) is 18.2 Å². The zero-order valence-electron chi connectivity index (χ0n) is 21.2. The molecule has 0 aliphatic carbocycles. The number of ether oxygens (including phenoxy) is 3. The van der Waals surface area contributed by atoms with Gasteiger partial charge in [-0.05, 0) is 60.2 Å². The Balaban J connectivity index is 1.36. The van der Waals surface area contributed by atoms with Gasteiger partial charge in [0.15, 0.2) is 16.7 Å². The Labute approximate surface area is 238 Å². The van der Waals surface area contributed by atoms with E-state index >= 15 is 0 Å². The lowest BCUT2D eigenvalue weighted by Crippen LogP contribution is -2.31. The molecule has 5 rings (SSSR count). The van der Waals surface area contributed by atoms with Crippen molar-refractivity contribution in [3.8, 4) is 17.2 Å². The van der Waals surface area contributed by atoms with Gasteiger partial charge < -0.3 is 19.5 Å². The quantitative estimate of drug-likeness (QED) is 0.150. The van der Waals surface area contributed by atoms with Crippen LogP contribution < -0.4 is 24.4 Å². The second kappa shape index (κ2) is 11.5. The third-order valence-corrected chi connectivity index (χ3v) is 7.08. The lowest BCUT2D eigenvalue weighted by atomic mass is 10.2. The Bertz CT molecular complexity index is 1530. The van der Waals surface area contributed by atoms with Crippen LogP contribution >= 0.6 is 11.8 Å². The lowest BCUT2D eigenvalue weighted by Gasteiger charge is -2.17. The number of alkyl halides is 6. The summed E-state index contributed by atoms with van der Waals surface area (Å²) in [6.45, 7) is 0.108. The molecule has 0 radical (unpaired) electrons. The van der Waals surface area contributed by atoms with Crippen LogP contribution in [0.2, 0.25) is 0 Å². The van der Waals surface area contributed by atoms with E-state index in [0.29, 0.717) is 17.1 Å². The molecule has 3 aromatic carbocycles. The van der Waals surface area contributed by atoms with E-state index < -0.39 is 40.9 Å². The van der Waals surface area contributed by atoms with Crippen LogP contribution in [0.25, 0.3) is 0 Å². The summed E-state index contributed by atoms with van der Waals surface area (Å²) in [7, 11) is 0. The molecule has 220 valence electrons. The monoisotopic (exact) mass is 611 g/mol. The zero-order valence-corrected chi connectivity index (χ0v) is 22.0. The molecule has 2 amide bonds. The Morgan fingerprint density at radius 1 is 0.976 bits per heavy atom. The van der Waals surface area contributed by atoms with Crippen molar-refractivity contribution in [1.29, 1.82) is 0 Å². The number of nitrogens with zero attached hydrogens (tertiary/aromatic N) is 2. The van der Waals surface area contributed by atoms with E-state index in [4.69, 9.17) is 9.47 Å². The number of amidine groups is 1. The van der Waals surface area contributed by atoms with Crippen molar-refractivity contribution >= 4 is 40.1 Å². The first-order chi connectivity index (χ1) is 19.9. The third-order valence-electron chi connectivity index (χ3n) is 5.97. The maximum atomic E-state index is 13.3. The second-order valence-corrected chi connectivity index (χ2v) is 10.1. The maximum absolute atomic E-state index is 13.3. The van der Waals surface area contributed by atoms with E-state index in [2.05, 4.69) is 15.0 Å². The van der Waals surface area contributed by atoms with Crippen molar-refractivity contribution < 1.29 is 50.1 Å². The minimum Gasteiger partial charge on any atom is -0.454 e. The van der Waals surface area contributed by atoms with Crippen LogP contribution in [0, 0.1) is 0 Å².